The first-order chi connectivity index (χ1) is 12.7. The number of hydrogen-bond donors (Lipinski definition) is 1. The predicted octanol–water partition coefficient (Wildman–Crippen LogP) is 3.75. The van der Waals surface area contributed by atoms with Crippen LogP contribution in [0.4, 0.5) is 0 Å². The Bertz CT molecular complexity index is 688. The molecule has 0 atom stereocenters. The van der Waals surface area contributed by atoms with E-state index in [0.717, 1.165) is 43.3 Å². The van der Waals surface area contributed by atoms with Gasteiger partial charge in [-0.25, -0.2) is 0 Å². The fourth-order valence-corrected chi connectivity index (χ4v) is 4.02. The van der Waals surface area contributed by atoms with E-state index in [1.807, 2.05) is 36.5 Å². The summed E-state index contributed by atoms with van der Waals surface area (Å²) in [5, 5.41) is 3.92. The van der Waals surface area contributed by atoms with Gasteiger partial charge in [0.25, 0.3) is 0 Å². The molecule has 1 saturated heterocycles. The normalized spacial score (nSPS) is 15.7. The third kappa shape index (κ3) is 6.31. The number of pyridine rings is 1. The van der Waals surface area contributed by atoms with Crippen LogP contribution in [0, 0.1) is 0 Å². The molecule has 0 unspecified atom stereocenters. The third-order valence-corrected chi connectivity index (χ3v) is 5.75. The molecule has 1 N–H and O–H groups in total. The maximum Gasteiger partial charge on any atom is 0.230 e. The van der Waals surface area contributed by atoms with E-state index in [-0.39, 0.29) is 5.91 Å². The van der Waals surface area contributed by atoms with Crippen LogP contribution in [0.3, 0.4) is 0 Å². The maximum atomic E-state index is 12.2. The van der Waals surface area contributed by atoms with Gasteiger partial charge >= 0.3 is 0 Å². The molecule has 138 valence electrons. The highest BCUT2D eigenvalue weighted by molar-refractivity contribution is 7.99. The summed E-state index contributed by atoms with van der Waals surface area (Å²) in [6.07, 6.45) is 5.74. The zero-order chi connectivity index (χ0) is 18.2. The number of aromatic nitrogens is 1. The van der Waals surface area contributed by atoms with Crippen molar-refractivity contribution in [2.45, 2.75) is 31.2 Å². The number of amides is 1. The molecule has 2 heterocycles. The van der Waals surface area contributed by atoms with Gasteiger partial charge in [0.2, 0.25) is 5.91 Å². The van der Waals surface area contributed by atoms with Crippen molar-refractivity contribution < 1.29 is 4.79 Å². The van der Waals surface area contributed by atoms with E-state index in [2.05, 4.69) is 21.3 Å². The van der Waals surface area contributed by atoms with Gasteiger partial charge in [0, 0.05) is 48.8 Å². The molecule has 1 aromatic heterocycles. The van der Waals surface area contributed by atoms with E-state index in [0.29, 0.717) is 11.8 Å². The molecule has 0 radical (unpaired) electrons. The van der Waals surface area contributed by atoms with Crippen LogP contribution in [0.2, 0.25) is 5.02 Å². The lowest BCUT2D eigenvalue weighted by Gasteiger charge is -2.32. The second kappa shape index (κ2) is 9.95. The van der Waals surface area contributed by atoms with E-state index >= 15 is 0 Å². The molecular weight excluding hydrogens is 366 g/mol. The molecule has 1 fully saturated rings. The lowest BCUT2D eigenvalue weighted by atomic mass is 10.0. The first-order valence-corrected chi connectivity index (χ1v) is 10.4. The van der Waals surface area contributed by atoms with Crippen LogP contribution in [-0.4, -0.2) is 40.7 Å². The van der Waals surface area contributed by atoms with Crippen molar-refractivity contribution >= 4 is 29.3 Å². The van der Waals surface area contributed by atoms with Gasteiger partial charge in [-0.1, -0.05) is 29.8 Å². The Balaban J connectivity index is 1.32. The lowest BCUT2D eigenvalue weighted by Crippen LogP contribution is -2.44. The first-order valence-electron chi connectivity index (χ1n) is 8.92. The summed E-state index contributed by atoms with van der Waals surface area (Å²) < 4.78 is 0. The average Bonchev–Trinajstić information content (AvgIpc) is 2.66. The van der Waals surface area contributed by atoms with E-state index in [1.54, 1.807) is 18.0 Å². The topological polar surface area (TPSA) is 45.2 Å². The minimum absolute atomic E-state index is 0.134. The van der Waals surface area contributed by atoms with Gasteiger partial charge in [-0.15, -0.1) is 11.8 Å². The van der Waals surface area contributed by atoms with E-state index in [4.69, 9.17) is 11.6 Å². The molecular formula is C20H24ClN3OS. The summed E-state index contributed by atoms with van der Waals surface area (Å²) in [6, 6.07) is 12.2. The molecule has 0 bridgehead atoms. The standard InChI is InChI=1S/C20H24ClN3OS/c21-18-5-3-16(4-6-18)14-26-15-20(25)23-19-7-10-24(11-8-19)13-17-2-1-9-22-12-17/h1-6,9,12,19H,7-8,10-11,13-15H2,(H,23,25). The van der Waals surface area contributed by atoms with E-state index in [9.17, 15) is 4.79 Å². The number of nitrogens with one attached hydrogen (secondary N) is 1. The quantitative estimate of drug-likeness (QED) is 0.783. The molecule has 3 rings (SSSR count). The molecule has 2 aromatic rings. The summed E-state index contributed by atoms with van der Waals surface area (Å²) in [4.78, 5) is 18.7. The van der Waals surface area contributed by atoms with Gasteiger partial charge in [-0.3, -0.25) is 14.7 Å². The van der Waals surface area contributed by atoms with Crippen molar-refractivity contribution in [1.29, 1.82) is 0 Å². The molecule has 1 aromatic carbocycles. The van der Waals surface area contributed by atoms with Crippen LogP contribution < -0.4 is 5.32 Å². The Morgan fingerprint density at radius 1 is 1.19 bits per heavy atom. The summed E-state index contributed by atoms with van der Waals surface area (Å²) in [7, 11) is 0. The van der Waals surface area contributed by atoms with Crippen molar-refractivity contribution in [2.75, 3.05) is 18.8 Å². The van der Waals surface area contributed by atoms with Crippen LogP contribution in [-0.2, 0) is 17.1 Å². The number of rotatable bonds is 7. The number of likely N-dealkylation sites (tertiary alicyclic amines) is 1. The molecule has 0 saturated carbocycles. The number of piperidine rings is 1. The summed E-state index contributed by atoms with van der Waals surface area (Å²) in [5.74, 6) is 1.46. The summed E-state index contributed by atoms with van der Waals surface area (Å²) in [5.41, 5.74) is 2.43. The van der Waals surface area contributed by atoms with Crippen molar-refractivity contribution in [3.8, 4) is 0 Å². The van der Waals surface area contributed by atoms with Crippen LogP contribution in [0.15, 0.2) is 48.8 Å². The van der Waals surface area contributed by atoms with Crippen molar-refractivity contribution in [3.05, 3.63) is 64.9 Å². The van der Waals surface area contributed by atoms with Crippen LogP contribution >= 0.6 is 23.4 Å². The number of halogens is 1. The van der Waals surface area contributed by atoms with Gasteiger partial charge < -0.3 is 5.32 Å². The molecule has 1 aliphatic rings. The molecule has 1 amide bonds. The fourth-order valence-electron chi connectivity index (χ4n) is 3.10. The Morgan fingerprint density at radius 3 is 2.65 bits per heavy atom. The highest BCUT2D eigenvalue weighted by Crippen LogP contribution is 2.16. The zero-order valence-electron chi connectivity index (χ0n) is 14.7. The zero-order valence-corrected chi connectivity index (χ0v) is 16.3. The number of benzene rings is 1. The SMILES string of the molecule is O=C(CSCc1ccc(Cl)cc1)NC1CCN(Cc2cccnc2)CC1. The maximum absolute atomic E-state index is 12.2. The highest BCUT2D eigenvalue weighted by Gasteiger charge is 2.20. The Kier molecular flexibility index (Phi) is 7.35. The summed E-state index contributed by atoms with van der Waals surface area (Å²) >= 11 is 7.52. The molecule has 4 nitrogen and oxygen atoms in total. The molecule has 1 aliphatic heterocycles. The number of carbonyl (C=O) groups excluding carboxylic acids is 1. The third-order valence-electron chi connectivity index (χ3n) is 4.50. The van der Waals surface area contributed by atoms with E-state index in [1.165, 1.54) is 11.1 Å². The summed E-state index contributed by atoms with van der Waals surface area (Å²) in [6.45, 7) is 2.96. The van der Waals surface area contributed by atoms with Crippen LogP contribution in [0.5, 0.6) is 0 Å². The van der Waals surface area contributed by atoms with Crippen LogP contribution in [0.1, 0.15) is 24.0 Å². The highest BCUT2D eigenvalue weighted by atomic mass is 35.5. The largest absolute Gasteiger partial charge is 0.353 e. The van der Waals surface area contributed by atoms with Gasteiger partial charge in [-0.05, 0) is 42.2 Å². The Hall–Kier alpha value is -1.56. The number of hydrogen-bond acceptors (Lipinski definition) is 4. The van der Waals surface area contributed by atoms with Gasteiger partial charge in [0.1, 0.15) is 0 Å². The van der Waals surface area contributed by atoms with Crippen molar-refractivity contribution in [1.82, 2.24) is 15.2 Å². The minimum atomic E-state index is 0.134. The molecule has 6 heteroatoms. The number of carbonyl (C=O) groups is 1. The number of nitrogens with zero attached hydrogens (tertiary/aromatic N) is 2. The lowest BCUT2D eigenvalue weighted by molar-refractivity contribution is -0.119. The van der Waals surface area contributed by atoms with Crippen LogP contribution in [0.25, 0.3) is 0 Å². The Morgan fingerprint density at radius 2 is 1.96 bits per heavy atom. The van der Waals surface area contributed by atoms with Crippen molar-refractivity contribution in [3.63, 3.8) is 0 Å². The fraction of sp³-hybridized carbons (Fsp3) is 0.400. The van der Waals surface area contributed by atoms with Crippen molar-refractivity contribution in [2.24, 2.45) is 0 Å². The van der Waals surface area contributed by atoms with Gasteiger partial charge in [-0.2, -0.15) is 0 Å². The predicted molar refractivity (Wildman–Crippen MR) is 108 cm³/mol. The number of thioether (sulfide) groups is 1. The second-order valence-corrected chi connectivity index (χ2v) is 8.02. The first kappa shape index (κ1) is 19.2. The van der Waals surface area contributed by atoms with Gasteiger partial charge in [0.05, 0.1) is 5.75 Å². The second-order valence-electron chi connectivity index (χ2n) is 6.60. The molecule has 0 aliphatic carbocycles. The Labute approximate surface area is 164 Å². The molecule has 0 spiro atoms. The molecule has 26 heavy (non-hydrogen) atoms. The monoisotopic (exact) mass is 389 g/mol. The average molecular weight is 390 g/mol. The smallest absolute Gasteiger partial charge is 0.230 e. The van der Waals surface area contributed by atoms with E-state index < -0.39 is 0 Å². The van der Waals surface area contributed by atoms with Gasteiger partial charge in [0.15, 0.2) is 0 Å². The minimum Gasteiger partial charge on any atom is -0.353 e.